The summed E-state index contributed by atoms with van der Waals surface area (Å²) < 4.78 is 17.0. The molecule has 0 saturated heterocycles. The van der Waals surface area contributed by atoms with Crippen LogP contribution in [0.2, 0.25) is 0 Å². The van der Waals surface area contributed by atoms with Crippen molar-refractivity contribution < 1.29 is 29.0 Å². The van der Waals surface area contributed by atoms with Gasteiger partial charge in [-0.25, -0.2) is 0 Å². The molecular weight excluding hydrogens is 548 g/mol. The zero-order valence-corrected chi connectivity index (χ0v) is 25.0. The van der Waals surface area contributed by atoms with E-state index < -0.39 is 0 Å². The Kier molecular flexibility index (Phi) is 8.68. The largest absolute Gasteiger partial charge is 0.507 e. The Bertz CT molecular complexity index is 1660. The van der Waals surface area contributed by atoms with E-state index in [0.29, 0.717) is 57.3 Å². The monoisotopic (exact) mass is 584 g/mol. The van der Waals surface area contributed by atoms with Crippen LogP contribution in [0.15, 0.2) is 58.0 Å². The fourth-order valence-corrected chi connectivity index (χ4v) is 4.84. The molecule has 0 bridgehead atoms. The van der Waals surface area contributed by atoms with E-state index in [1.165, 1.54) is 6.07 Å². The normalized spacial score (nSPS) is 13.1. The quantitative estimate of drug-likeness (QED) is 0.172. The second kappa shape index (κ2) is 12.6. The van der Waals surface area contributed by atoms with E-state index in [2.05, 4.69) is 15.5 Å². The SMILES string of the molecule is CC=Nc1c(OCCN(C)C)ccc(-c2cc(-c3noc(NC(=O)C4CC4)c3-c3ccc(OC)cc3)c(O)cc2O)c1C. The number of hydrogen-bond donors (Lipinski definition) is 3. The lowest BCUT2D eigenvalue weighted by atomic mass is 9.93. The molecule has 1 aromatic heterocycles. The average Bonchev–Trinajstić information content (AvgIpc) is 3.76. The van der Waals surface area contributed by atoms with E-state index in [1.54, 1.807) is 31.5 Å². The molecule has 5 rings (SSSR count). The van der Waals surface area contributed by atoms with E-state index in [0.717, 1.165) is 24.9 Å². The van der Waals surface area contributed by atoms with Crippen LogP contribution in [0.5, 0.6) is 23.0 Å². The molecule has 10 heteroatoms. The van der Waals surface area contributed by atoms with Gasteiger partial charge in [0.15, 0.2) is 0 Å². The average molecular weight is 585 g/mol. The number of methoxy groups -OCH3 is 1. The Morgan fingerprint density at radius 2 is 1.81 bits per heavy atom. The van der Waals surface area contributed by atoms with E-state index in [-0.39, 0.29) is 29.2 Å². The number of likely N-dealkylation sites (N-methyl/N-ethyl adjacent to an activating group) is 1. The van der Waals surface area contributed by atoms with Gasteiger partial charge in [-0.1, -0.05) is 23.4 Å². The Balaban J connectivity index is 1.61. The maximum Gasteiger partial charge on any atom is 0.239 e. The van der Waals surface area contributed by atoms with Gasteiger partial charge in [-0.15, -0.1) is 0 Å². The first-order valence-electron chi connectivity index (χ1n) is 14.1. The fraction of sp³-hybridized carbons (Fsp3) is 0.303. The van der Waals surface area contributed by atoms with Crippen molar-refractivity contribution in [3.05, 3.63) is 54.1 Å². The van der Waals surface area contributed by atoms with Crippen molar-refractivity contribution in [2.75, 3.05) is 39.7 Å². The van der Waals surface area contributed by atoms with Gasteiger partial charge in [0.1, 0.15) is 41.0 Å². The van der Waals surface area contributed by atoms with Gasteiger partial charge >= 0.3 is 0 Å². The molecule has 10 nitrogen and oxygen atoms in total. The minimum absolute atomic E-state index is 0.0521. The van der Waals surface area contributed by atoms with Crippen molar-refractivity contribution >= 4 is 23.7 Å². The number of aromatic hydroxyl groups is 2. The van der Waals surface area contributed by atoms with Crippen LogP contribution in [0.4, 0.5) is 11.6 Å². The van der Waals surface area contributed by atoms with Gasteiger partial charge in [0.25, 0.3) is 0 Å². The molecule has 0 radical (unpaired) electrons. The lowest BCUT2D eigenvalue weighted by molar-refractivity contribution is -0.117. The van der Waals surface area contributed by atoms with E-state index >= 15 is 0 Å². The lowest BCUT2D eigenvalue weighted by Gasteiger charge is -2.17. The minimum atomic E-state index is -0.197. The summed E-state index contributed by atoms with van der Waals surface area (Å²) >= 11 is 0. The number of nitrogens with zero attached hydrogens (tertiary/aromatic N) is 3. The molecule has 1 saturated carbocycles. The van der Waals surface area contributed by atoms with Crippen LogP contribution in [0.25, 0.3) is 33.5 Å². The Labute approximate surface area is 250 Å². The van der Waals surface area contributed by atoms with Crippen LogP contribution >= 0.6 is 0 Å². The standard InChI is InChI=1S/C33H36N4O6/c1-6-34-30-19(2)23(13-14-28(30)42-16-15-37(3)4)24-17-25(27(39)18-26(24)38)31-29(20-9-11-22(41-5)12-10-20)33(43-36-31)35-32(40)21-7-8-21/h6,9-14,17-18,21,38-39H,7-8,15-16H2,1-5H3,(H,35,40). The number of carbonyl (C=O) groups excluding carboxylic acids is 1. The Hall–Kier alpha value is -4.83. The van der Waals surface area contributed by atoms with Crippen molar-refractivity contribution in [3.63, 3.8) is 0 Å². The molecule has 1 aliphatic carbocycles. The number of benzene rings is 3. The first-order chi connectivity index (χ1) is 20.7. The summed E-state index contributed by atoms with van der Waals surface area (Å²) in [5.41, 5.74) is 4.44. The first kappa shape index (κ1) is 29.7. The highest BCUT2D eigenvalue weighted by Crippen LogP contribution is 2.47. The molecule has 3 N–H and O–H groups in total. The zero-order chi connectivity index (χ0) is 30.7. The lowest BCUT2D eigenvalue weighted by Crippen LogP contribution is -2.19. The van der Waals surface area contributed by atoms with Crippen LogP contribution in [0.3, 0.4) is 0 Å². The van der Waals surface area contributed by atoms with Crippen molar-refractivity contribution in [2.45, 2.75) is 26.7 Å². The van der Waals surface area contributed by atoms with Gasteiger partial charge in [-0.3, -0.25) is 15.1 Å². The van der Waals surface area contributed by atoms with Crippen molar-refractivity contribution in [1.82, 2.24) is 10.1 Å². The summed E-state index contributed by atoms with van der Waals surface area (Å²) in [6.45, 7) is 4.98. The molecule has 224 valence electrons. The maximum absolute atomic E-state index is 12.7. The van der Waals surface area contributed by atoms with E-state index in [1.807, 2.05) is 57.1 Å². The van der Waals surface area contributed by atoms with Gasteiger partial charge in [-0.2, -0.15) is 0 Å². The summed E-state index contributed by atoms with van der Waals surface area (Å²) in [6, 6.07) is 13.9. The molecule has 0 atom stereocenters. The second-order valence-corrected chi connectivity index (χ2v) is 10.7. The highest BCUT2D eigenvalue weighted by molar-refractivity contribution is 6.00. The first-order valence-corrected chi connectivity index (χ1v) is 14.1. The number of phenolic OH excluding ortho intramolecular Hbond substituents is 2. The van der Waals surface area contributed by atoms with Crippen LogP contribution in [0.1, 0.15) is 25.3 Å². The smallest absolute Gasteiger partial charge is 0.239 e. The summed E-state index contributed by atoms with van der Waals surface area (Å²) in [5, 5.41) is 29.2. The number of ether oxygens (including phenoxy) is 2. The number of aliphatic imine (C=N–C) groups is 1. The molecule has 1 heterocycles. The molecule has 3 aromatic carbocycles. The van der Waals surface area contributed by atoms with Crippen LogP contribution in [-0.4, -0.2) is 66.7 Å². The van der Waals surface area contributed by atoms with E-state index in [9.17, 15) is 15.0 Å². The number of rotatable bonds is 11. The minimum Gasteiger partial charge on any atom is -0.507 e. The van der Waals surface area contributed by atoms with Crippen LogP contribution < -0.4 is 14.8 Å². The molecular formula is C33H36N4O6. The number of amides is 1. The molecule has 0 unspecified atom stereocenters. The number of nitrogens with one attached hydrogen (secondary N) is 1. The van der Waals surface area contributed by atoms with Crippen LogP contribution in [0, 0.1) is 12.8 Å². The van der Waals surface area contributed by atoms with Gasteiger partial charge < -0.3 is 29.1 Å². The van der Waals surface area contributed by atoms with Crippen molar-refractivity contribution in [2.24, 2.45) is 10.9 Å². The van der Waals surface area contributed by atoms with E-state index in [4.69, 9.17) is 14.0 Å². The number of carbonyl (C=O) groups is 1. The molecule has 1 amide bonds. The molecule has 0 spiro atoms. The highest BCUT2D eigenvalue weighted by Gasteiger charge is 2.32. The maximum atomic E-state index is 12.7. The van der Waals surface area contributed by atoms with Crippen LogP contribution in [-0.2, 0) is 4.79 Å². The van der Waals surface area contributed by atoms with Gasteiger partial charge in [0.05, 0.1) is 12.7 Å². The van der Waals surface area contributed by atoms with Gasteiger partial charge in [0.2, 0.25) is 11.8 Å². The number of phenols is 2. The topological polar surface area (TPSA) is 130 Å². The molecule has 1 fully saturated rings. The molecule has 1 aliphatic rings. The van der Waals surface area contributed by atoms with Gasteiger partial charge in [0, 0.05) is 35.9 Å². The zero-order valence-electron chi connectivity index (χ0n) is 25.0. The number of hydrogen-bond acceptors (Lipinski definition) is 9. The highest BCUT2D eigenvalue weighted by atomic mass is 16.5. The third-order valence-electron chi connectivity index (χ3n) is 7.36. The third-order valence-corrected chi connectivity index (χ3v) is 7.36. The Morgan fingerprint density at radius 1 is 1.09 bits per heavy atom. The predicted octanol–water partition coefficient (Wildman–Crippen LogP) is 6.41. The molecule has 0 aliphatic heterocycles. The second-order valence-electron chi connectivity index (χ2n) is 10.7. The molecule has 4 aromatic rings. The third kappa shape index (κ3) is 6.34. The summed E-state index contributed by atoms with van der Waals surface area (Å²) in [6.07, 6.45) is 3.35. The summed E-state index contributed by atoms with van der Waals surface area (Å²) in [5.74, 6) is 0.973. The van der Waals surface area contributed by atoms with Crippen molar-refractivity contribution in [3.8, 4) is 56.5 Å². The number of anilines is 1. The number of aromatic nitrogens is 1. The summed E-state index contributed by atoms with van der Waals surface area (Å²) in [7, 11) is 5.54. The molecule has 43 heavy (non-hydrogen) atoms. The van der Waals surface area contributed by atoms with Crippen molar-refractivity contribution in [1.29, 1.82) is 0 Å². The van der Waals surface area contributed by atoms with Gasteiger partial charge in [-0.05, 0) is 81.7 Å². The fourth-order valence-electron chi connectivity index (χ4n) is 4.84. The summed E-state index contributed by atoms with van der Waals surface area (Å²) in [4.78, 5) is 19.3. The Morgan fingerprint density at radius 3 is 2.47 bits per heavy atom. The predicted molar refractivity (Wildman–Crippen MR) is 167 cm³/mol.